The summed E-state index contributed by atoms with van der Waals surface area (Å²) in [6.07, 6.45) is -0.0679. The summed E-state index contributed by atoms with van der Waals surface area (Å²) in [7, 11) is 0. The molecule has 94 valence electrons. The summed E-state index contributed by atoms with van der Waals surface area (Å²) >= 11 is 5.95. The molecule has 1 aliphatic carbocycles. The molecule has 0 radical (unpaired) electrons. The van der Waals surface area contributed by atoms with Crippen LogP contribution < -0.4 is 4.74 Å². The van der Waals surface area contributed by atoms with Gasteiger partial charge in [-0.25, -0.2) is 0 Å². The summed E-state index contributed by atoms with van der Waals surface area (Å²) in [6, 6.07) is 5.55. The minimum atomic E-state index is -0.409. The van der Waals surface area contributed by atoms with Crippen LogP contribution in [0.5, 0.6) is 5.75 Å². The molecule has 1 aromatic carbocycles. The predicted octanol–water partition coefficient (Wildman–Crippen LogP) is 2.57. The molecule has 1 N–H and O–H groups in total. The minimum Gasteiger partial charge on any atom is -0.488 e. The normalized spacial score (nSPS) is 27.6. The van der Waals surface area contributed by atoms with Crippen molar-refractivity contribution >= 4 is 11.6 Å². The van der Waals surface area contributed by atoms with Gasteiger partial charge in [-0.1, -0.05) is 11.6 Å². The Hall–Kier alpha value is -0.770. The maximum absolute atomic E-state index is 9.56. The van der Waals surface area contributed by atoms with E-state index >= 15 is 0 Å². The Kier molecular flexibility index (Phi) is 3.92. The van der Waals surface area contributed by atoms with Crippen LogP contribution >= 0.6 is 11.6 Å². The third-order valence-electron chi connectivity index (χ3n) is 3.00. The van der Waals surface area contributed by atoms with Gasteiger partial charge in [0.15, 0.2) is 0 Å². The van der Waals surface area contributed by atoms with Crippen molar-refractivity contribution in [3.8, 4) is 5.75 Å². The van der Waals surface area contributed by atoms with Gasteiger partial charge in [0.2, 0.25) is 0 Å². The largest absolute Gasteiger partial charge is 0.488 e. The molecule has 1 fully saturated rings. The standard InChI is InChI=1S/C13H17ClO3/c1-3-16-13-11(15)7-12(13)17-9-4-5-10(14)8(2)6-9/h4-6,11-13,15H,3,7H2,1-2H3. The summed E-state index contributed by atoms with van der Waals surface area (Å²) in [4.78, 5) is 0. The van der Waals surface area contributed by atoms with Gasteiger partial charge in [0.1, 0.15) is 18.0 Å². The molecule has 3 nitrogen and oxygen atoms in total. The van der Waals surface area contributed by atoms with Gasteiger partial charge in [-0.05, 0) is 37.6 Å². The first kappa shape index (κ1) is 12.7. The average molecular weight is 257 g/mol. The Morgan fingerprint density at radius 1 is 1.47 bits per heavy atom. The zero-order valence-electron chi connectivity index (χ0n) is 10.0. The lowest BCUT2D eigenvalue weighted by Crippen LogP contribution is -2.55. The van der Waals surface area contributed by atoms with Crippen LogP contribution in [0, 0.1) is 6.92 Å². The van der Waals surface area contributed by atoms with Crippen LogP contribution in [0.15, 0.2) is 18.2 Å². The molecule has 1 aliphatic rings. The molecule has 1 aromatic rings. The van der Waals surface area contributed by atoms with Crippen molar-refractivity contribution in [2.75, 3.05) is 6.61 Å². The van der Waals surface area contributed by atoms with Crippen LogP contribution in [0.3, 0.4) is 0 Å². The number of aliphatic hydroxyl groups is 1. The Morgan fingerprint density at radius 2 is 2.24 bits per heavy atom. The molecule has 0 amide bonds. The topological polar surface area (TPSA) is 38.7 Å². The smallest absolute Gasteiger partial charge is 0.130 e. The van der Waals surface area contributed by atoms with Crippen molar-refractivity contribution < 1.29 is 14.6 Å². The van der Waals surface area contributed by atoms with E-state index in [1.165, 1.54) is 0 Å². The monoisotopic (exact) mass is 256 g/mol. The molecule has 17 heavy (non-hydrogen) atoms. The summed E-state index contributed by atoms with van der Waals surface area (Å²) in [6.45, 7) is 4.43. The number of aliphatic hydroxyl groups excluding tert-OH is 1. The van der Waals surface area contributed by atoms with Crippen molar-refractivity contribution in [2.45, 2.75) is 38.6 Å². The van der Waals surface area contributed by atoms with Crippen molar-refractivity contribution in [3.63, 3.8) is 0 Å². The van der Waals surface area contributed by atoms with Crippen molar-refractivity contribution in [1.82, 2.24) is 0 Å². The zero-order chi connectivity index (χ0) is 12.4. The highest BCUT2D eigenvalue weighted by atomic mass is 35.5. The van der Waals surface area contributed by atoms with Crippen molar-refractivity contribution in [3.05, 3.63) is 28.8 Å². The summed E-state index contributed by atoms with van der Waals surface area (Å²) in [5.41, 5.74) is 0.983. The number of benzene rings is 1. The fourth-order valence-corrected chi connectivity index (χ4v) is 2.07. The molecular weight excluding hydrogens is 240 g/mol. The van der Waals surface area contributed by atoms with Crippen LogP contribution in [0.25, 0.3) is 0 Å². The first-order valence-electron chi connectivity index (χ1n) is 5.84. The molecule has 4 heteroatoms. The highest BCUT2D eigenvalue weighted by molar-refractivity contribution is 6.31. The van der Waals surface area contributed by atoms with E-state index in [4.69, 9.17) is 21.1 Å². The molecule has 1 saturated carbocycles. The van der Waals surface area contributed by atoms with Crippen LogP contribution in [0.4, 0.5) is 0 Å². The molecule has 3 unspecified atom stereocenters. The van der Waals surface area contributed by atoms with Gasteiger partial charge in [0.25, 0.3) is 0 Å². The molecule has 0 bridgehead atoms. The fourth-order valence-electron chi connectivity index (χ4n) is 1.95. The predicted molar refractivity (Wildman–Crippen MR) is 66.6 cm³/mol. The number of halogens is 1. The molecule has 2 rings (SSSR count). The van der Waals surface area contributed by atoms with Gasteiger partial charge in [0, 0.05) is 18.1 Å². The zero-order valence-corrected chi connectivity index (χ0v) is 10.8. The quantitative estimate of drug-likeness (QED) is 0.900. The minimum absolute atomic E-state index is 0.0643. The molecule has 0 aromatic heterocycles. The number of rotatable bonds is 4. The number of ether oxygens (including phenoxy) is 2. The van der Waals surface area contributed by atoms with E-state index in [1.54, 1.807) is 0 Å². The van der Waals surface area contributed by atoms with Gasteiger partial charge in [0.05, 0.1) is 6.10 Å². The third kappa shape index (κ3) is 2.73. The first-order chi connectivity index (χ1) is 8.11. The van der Waals surface area contributed by atoms with Gasteiger partial charge < -0.3 is 14.6 Å². The maximum Gasteiger partial charge on any atom is 0.130 e. The van der Waals surface area contributed by atoms with Crippen LogP contribution in [0.1, 0.15) is 18.9 Å². The van der Waals surface area contributed by atoms with Gasteiger partial charge in [-0.2, -0.15) is 0 Å². The average Bonchev–Trinajstić information content (AvgIpc) is 2.30. The first-order valence-corrected chi connectivity index (χ1v) is 6.22. The van der Waals surface area contributed by atoms with Crippen molar-refractivity contribution in [1.29, 1.82) is 0 Å². The van der Waals surface area contributed by atoms with Crippen LogP contribution in [-0.4, -0.2) is 30.0 Å². The Morgan fingerprint density at radius 3 is 2.82 bits per heavy atom. The molecule has 0 aliphatic heterocycles. The number of hydrogen-bond donors (Lipinski definition) is 1. The SMILES string of the molecule is CCOC1C(O)CC1Oc1ccc(Cl)c(C)c1. The second-order valence-corrected chi connectivity index (χ2v) is 4.70. The van der Waals surface area contributed by atoms with E-state index in [0.717, 1.165) is 16.3 Å². The second-order valence-electron chi connectivity index (χ2n) is 4.29. The van der Waals surface area contributed by atoms with E-state index in [-0.39, 0.29) is 12.2 Å². The molecular formula is C13H17ClO3. The summed E-state index contributed by atoms with van der Waals surface area (Å²) < 4.78 is 11.2. The van der Waals surface area contributed by atoms with E-state index in [0.29, 0.717) is 13.0 Å². The van der Waals surface area contributed by atoms with E-state index in [9.17, 15) is 5.11 Å². The fraction of sp³-hybridized carbons (Fsp3) is 0.538. The molecule has 0 saturated heterocycles. The molecule has 0 spiro atoms. The lowest BCUT2D eigenvalue weighted by atomic mass is 9.88. The molecule has 0 heterocycles. The summed E-state index contributed by atoms with van der Waals surface area (Å²) in [5, 5.41) is 10.3. The van der Waals surface area contributed by atoms with Gasteiger partial charge in [-0.15, -0.1) is 0 Å². The van der Waals surface area contributed by atoms with E-state index in [2.05, 4.69) is 0 Å². The van der Waals surface area contributed by atoms with E-state index in [1.807, 2.05) is 32.0 Å². The maximum atomic E-state index is 9.56. The van der Waals surface area contributed by atoms with Gasteiger partial charge >= 0.3 is 0 Å². The lowest BCUT2D eigenvalue weighted by molar-refractivity contribution is -0.160. The Bertz CT molecular complexity index is 394. The summed E-state index contributed by atoms with van der Waals surface area (Å²) in [5.74, 6) is 0.772. The van der Waals surface area contributed by atoms with Crippen molar-refractivity contribution in [2.24, 2.45) is 0 Å². The van der Waals surface area contributed by atoms with Gasteiger partial charge in [-0.3, -0.25) is 0 Å². The Balaban J connectivity index is 1.99. The number of aryl methyl sites for hydroxylation is 1. The second kappa shape index (κ2) is 5.25. The third-order valence-corrected chi connectivity index (χ3v) is 3.42. The van der Waals surface area contributed by atoms with Crippen LogP contribution in [-0.2, 0) is 4.74 Å². The number of hydrogen-bond acceptors (Lipinski definition) is 3. The lowest BCUT2D eigenvalue weighted by Gasteiger charge is -2.40. The van der Waals surface area contributed by atoms with E-state index < -0.39 is 6.10 Å². The Labute approximate surface area is 106 Å². The van der Waals surface area contributed by atoms with Crippen LogP contribution in [0.2, 0.25) is 5.02 Å². The highest BCUT2D eigenvalue weighted by Crippen LogP contribution is 2.30. The molecule has 3 atom stereocenters. The highest BCUT2D eigenvalue weighted by Gasteiger charge is 2.42.